The summed E-state index contributed by atoms with van der Waals surface area (Å²) in [6.45, 7) is 1.64. The minimum Gasteiger partial charge on any atom is -0.497 e. The van der Waals surface area contributed by atoms with Crippen LogP contribution in [0.4, 0.5) is 10.1 Å². The van der Waals surface area contributed by atoms with Crippen LogP contribution in [0, 0.1) is 12.7 Å². The fourth-order valence-corrected chi connectivity index (χ4v) is 1.83. The number of carbonyl (C=O) groups excluding carboxylic acids is 1. The smallest absolute Gasteiger partial charge is 0.255 e. The van der Waals surface area contributed by atoms with Gasteiger partial charge in [0.2, 0.25) is 0 Å². The average molecular weight is 289 g/mol. The van der Waals surface area contributed by atoms with Gasteiger partial charge in [0.1, 0.15) is 17.3 Å². The number of ether oxygens (including phenoxy) is 2. The fraction of sp³-hybridized carbons (Fsp3) is 0.188. The standard InChI is InChI=1S/C16H16FNO3/c1-10-4-5-11(8-13(10)17)16(19)18-14-7-6-12(20-2)9-15(14)21-3/h4-9H,1-3H3,(H,18,19). The molecule has 5 heteroatoms. The molecule has 0 heterocycles. The molecule has 0 radical (unpaired) electrons. The van der Waals surface area contributed by atoms with Crippen molar-refractivity contribution in [1.29, 1.82) is 0 Å². The molecule has 1 amide bonds. The molecule has 110 valence electrons. The Morgan fingerprint density at radius 1 is 1.10 bits per heavy atom. The van der Waals surface area contributed by atoms with Crippen molar-refractivity contribution in [2.75, 3.05) is 19.5 Å². The van der Waals surface area contributed by atoms with Crippen LogP contribution in [0.1, 0.15) is 15.9 Å². The predicted molar refractivity (Wildman–Crippen MR) is 78.6 cm³/mol. The summed E-state index contributed by atoms with van der Waals surface area (Å²) in [5.41, 5.74) is 1.23. The zero-order chi connectivity index (χ0) is 15.4. The lowest BCUT2D eigenvalue weighted by atomic mass is 10.1. The molecule has 0 aliphatic heterocycles. The Balaban J connectivity index is 2.24. The van der Waals surface area contributed by atoms with Crippen LogP contribution >= 0.6 is 0 Å². The number of carbonyl (C=O) groups is 1. The van der Waals surface area contributed by atoms with Gasteiger partial charge in [-0.1, -0.05) is 6.07 Å². The quantitative estimate of drug-likeness (QED) is 0.938. The number of hydrogen-bond donors (Lipinski definition) is 1. The van der Waals surface area contributed by atoms with Crippen molar-refractivity contribution >= 4 is 11.6 Å². The van der Waals surface area contributed by atoms with Crippen LogP contribution in [0.15, 0.2) is 36.4 Å². The van der Waals surface area contributed by atoms with E-state index in [2.05, 4.69) is 5.32 Å². The van der Waals surface area contributed by atoms with E-state index in [1.165, 1.54) is 13.2 Å². The molecule has 1 N–H and O–H groups in total. The van der Waals surface area contributed by atoms with Gasteiger partial charge in [0.05, 0.1) is 19.9 Å². The zero-order valence-electron chi connectivity index (χ0n) is 12.1. The first-order valence-corrected chi connectivity index (χ1v) is 6.34. The van der Waals surface area contributed by atoms with Crippen LogP contribution < -0.4 is 14.8 Å². The minimum absolute atomic E-state index is 0.246. The third-order valence-electron chi connectivity index (χ3n) is 3.09. The number of benzene rings is 2. The fourth-order valence-electron chi connectivity index (χ4n) is 1.83. The molecule has 0 spiro atoms. The molecule has 2 rings (SSSR count). The molecule has 0 saturated carbocycles. The first-order valence-electron chi connectivity index (χ1n) is 6.34. The molecule has 0 unspecified atom stereocenters. The highest BCUT2D eigenvalue weighted by atomic mass is 19.1. The Hall–Kier alpha value is -2.56. The van der Waals surface area contributed by atoms with Gasteiger partial charge in [0, 0.05) is 11.6 Å². The molecule has 21 heavy (non-hydrogen) atoms. The molecule has 0 bridgehead atoms. The summed E-state index contributed by atoms with van der Waals surface area (Å²) < 4.78 is 23.8. The minimum atomic E-state index is -0.413. The molecule has 0 aromatic heterocycles. The number of aryl methyl sites for hydroxylation is 1. The number of anilines is 1. The molecular formula is C16H16FNO3. The summed E-state index contributed by atoms with van der Waals surface area (Å²) in [6.07, 6.45) is 0. The van der Waals surface area contributed by atoms with E-state index in [-0.39, 0.29) is 5.56 Å². The van der Waals surface area contributed by atoms with Crippen molar-refractivity contribution in [3.05, 3.63) is 53.3 Å². The number of nitrogens with one attached hydrogen (secondary N) is 1. The van der Waals surface area contributed by atoms with Gasteiger partial charge in [-0.2, -0.15) is 0 Å². The summed E-state index contributed by atoms with van der Waals surface area (Å²) in [5, 5.41) is 2.69. The highest BCUT2D eigenvalue weighted by Gasteiger charge is 2.12. The lowest BCUT2D eigenvalue weighted by molar-refractivity contribution is 0.102. The van der Waals surface area contributed by atoms with Crippen molar-refractivity contribution in [1.82, 2.24) is 0 Å². The largest absolute Gasteiger partial charge is 0.497 e. The number of halogens is 1. The third kappa shape index (κ3) is 3.31. The summed E-state index contributed by atoms with van der Waals surface area (Å²) in [4.78, 5) is 12.1. The van der Waals surface area contributed by atoms with E-state index >= 15 is 0 Å². The van der Waals surface area contributed by atoms with E-state index < -0.39 is 11.7 Å². The molecule has 0 fully saturated rings. The average Bonchev–Trinajstić information content (AvgIpc) is 2.50. The van der Waals surface area contributed by atoms with Crippen LogP contribution in [0.2, 0.25) is 0 Å². The maximum atomic E-state index is 13.5. The van der Waals surface area contributed by atoms with Gasteiger partial charge in [-0.05, 0) is 36.8 Å². The highest BCUT2D eigenvalue weighted by Crippen LogP contribution is 2.29. The van der Waals surface area contributed by atoms with Gasteiger partial charge in [-0.3, -0.25) is 4.79 Å². The SMILES string of the molecule is COc1ccc(NC(=O)c2ccc(C)c(F)c2)c(OC)c1. The van der Waals surface area contributed by atoms with Gasteiger partial charge in [-0.15, -0.1) is 0 Å². The lowest BCUT2D eigenvalue weighted by Crippen LogP contribution is -2.13. The Morgan fingerprint density at radius 3 is 2.48 bits per heavy atom. The Kier molecular flexibility index (Phi) is 4.42. The van der Waals surface area contributed by atoms with Crippen molar-refractivity contribution < 1.29 is 18.7 Å². The van der Waals surface area contributed by atoms with Gasteiger partial charge in [0.15, 0.2) is 0 Å². The van der Waals surface area contributed by atoms with E-state index in [1.807, 2.05) is 0 Å². The number of hydrogen-bond acceptors (Lipinski definition) is 3. The summed E-state index contributed by atoms with van der Waals surface area (Å²) in [7, 11) is 3.04. The zero-order valence-corrected chi connectivity index (χ0v) is 12.1. The van der Waals surface area contributed by atoms with Gasteiger partial charge in [0.25, 0.3) is 5.91 Å². The van der Waals surface area contributed by atoms with Crippen molar-refractivity contribution in [2.24, 2.45) is 0 Å². The van der Waals surface area contributed by atoms with Crippen molar-refractivity contribution in [2.45, 2.75) is 6.92 Å². The van der Waals surface area contributed by atoms with E-state index in [9.17, 15) is 9.18 Å². The number of rotatable bonds is 4. The monoisotopic (exact) mass is 289 g/mol. The second kappa shape index (κ2) is 6.26. The van der Waals surface area contributed by atoms with E-state index in [0.717, 1.165) is 0 Å². The molecule has 0 atom stereocenters. The first-order chi connectivity index (χ1) is 10.0. The molecule has 2 aromatic rings. The molecule has 4 nitrogen and oxygen atoms in total. The maximum Gasteiger partial charge on any atom is 0.255 e. The molecule has 0 aliphatic rings. The summed E-state index contributed by atoms with van der Waals surface area (Å²) in [5.74, 6) is 0.267. The topological polar surface area (TPSA) is 47.6 Å². The van der Waals surface area contributed by atoms with E-state index in [0.29, 0.717) is 22.7 Å². The molecule has 0 saturated heterocycles. The number of amides is 1. The Morgan fingerprint density at radius 2 is 1.86 bits per heavy atom. The first kappa shape index (κ1) is 14.8. The highest BCUT2D eigenvalue weighted by molar-refractivity contribution is 6.05. The van der Waals surface area contributed by atoms with Gasteiger partial charge >= 0.3 is 0 Å². The van der Waals surface area contributed by atoms with Crippen molar-refractivity contribution in [3.8, 4) is 11.5 Å². The normalized spacial score (nSPS) is 10.1. The van der Waals surface area contributed by atoms with Crippen LogP contribution in [-0.2, 0) is 0 Å². The molecule has 0 aliphatic carbocycles. The van der Waals surface area contributed by atoms with Crippen LogP contribution in [-0.4, -0.2) is 20.1 Å². The Bertz CT molecular complexity index is 671. The van der Waals surface area contributed by atoms with Crippen LogP contribution in [0.5, 0.6) is 11.5 Å². The third-order valence-corrected chi connectivity index (χ3v) is 3.09. The number of methoxy groups -OCH3 is 2. The van der Waals surface area contributed by atoms with E-state index in [1.54, 1.807) is 44.4 Å². The lowest BCUT2D eigenvalue weighted by Gasteiger charge is -2.12. The molecular weight excluding hydrogens is 273 g/mol. The summed E-state index contributed by atoms with van der Waals surface area (Å²) in [6, 6.07) is 9.37. The van der Waals surface area contributed by atoms with Crippen LogP contribution in [0.25, 0.3) is 0 Å². The van der Waals surface area contributed by atoms with Crippen LogP contribution in [0.3, 0.4) is 0 Å². The predicted octanol–water partition coefficient (Wildman–Crippen LogP) is 3.40. The van der Waals surface area contributed by atoms with Crippen molar-refractivity contribution in [3.63, 3.8) is 0 Å². The second-order valence-corrected chi connectivity index (χ2v) is 4.48. The Labute approximate surface area is 122 Å². The second-order valence-electron chi connectivity index (χ2n) is 4.48. The van der Waals surface area contributed by atoms with Gasteiger partial charge < -0.3 is 14.8 Å². The maximum absolute atomic E-state index is 13.5. The summed E-state index contributed by atoms with van der Waals surface area (Å²) >= 11 is 0. The molecule has 2 aromatic carbocycles. The van der Waals surface area contributed by atoms with Gasteiger partial charge in [-0.25, -0.2) is 4.39 Å². The van der Waals surface area contributed by atoms with E-state index in [4.69, 9.17) is 9.47 Å².